The summed E-state index contributed by atoms with van der Waals surface area (Å²) in [6, 6.07) is 8.21. The van der Waals surface area contributed by atoms with Crippen molar-refractivity contribution >= 4 is 17.3 Å². The highest BCUT2D eigenvalue weighted by molar-refractivity contribution is 6.01. The molecule has 20 heavy (non-hydrogen) atoms. The Morgan fingerprint density at radius 1 is 1.35 bits per heavy atom. The second-order valence-electron chi connectivity index (χ2n) is 4.71. The fourth-order valence-corrected chi connectivity index (χ4v) is 2.09. The van der Waals surface area contributed by atoms with Crippen molar-refractivity contribution in [3.63, 3.8) is 0 Å². The minimum atomic E-state index is -0.300. The van der Waals surface area contributed by atoms with E-state index in [4.69, 9.17) is 0 Å². The van der Waals surface area contributed by atoms with Crippen molar-refractivity contribution in [1.29, 1.82) is 0 Å². The summed E-state index contributed by atoms with van der Waals surface area (Å²) in [6.07, 6.45) is 1.31. The number of benzene rings is 1. The van der Waals surface area contributed by atoms with Gasteiger partial charge >= 0.3 is 0 Å². The van der Waals surface area contributed by atoms with Gasteiger partial charge in [0.15, 0.2) is 0 Å². The average molecular weight is 273 g/mol. The molecule has 1 amide bonds. The summed E-state index contributed by atoms with van der Waals surface area (Å²) in [5.74, 6) is -0.0992. The zero-order valence-electron chi connectivity index (χ0n) is 11.9. The molecule has 0 spiro atoms. The SMILES string of the molecule is CCN(c1ccc(NC(=O)c2ncn[nH]2)cc1)C(C)C. The molecule has 0 fully saturated rings. The summed E-state index contributed by atoms with van der Waals surface area (Å²) in [5, 5.41) is 8.94. The Labute approximate surface area is 118 Å². The van der Waals surface area contributed by atoms with Gasteiger partial charge in [-0.15, -0.1) is 0 Å². The molecule has 2 N–H and O–H groups in total. The fraction of sp³-hybridized carbons (Fsp3) is 0.357. The van der Waals surface area contributed by atoms with Crippen molar-refractivity contribution in [3.8, 4) is 0 Å². The highest BCUT2D eigenvalue weighted by Gasteiger charge is 2.10. The number of aromatic nitrogens is 3. The Bertz CT molecular complexity index is 547. The second-order valence-corrected chi connectivity index (χ2v) is 4.71. The van der Waals surface area contributed by atoms with Crippen molar-refractivity contribution in [2.75, 3.05) is 16.8 Å². The molecule has 0 radical (unpaired) electrons. The van der Waals surface area contributed by atoms with E-state index in [1.54, 1.807) is 0 Å². The summed E-state index contributed by atoms with van der Waals surface area (Å²) < 4.78 is 0. The minimum absolute atomic E-state index is 0.200. The second kappa shape index (κ2) is 6.18. The van der Waals surface area contributed by atoms with Crippen LogP contribution in [0.1, 0.15) is 31.4 Å². The van der Waals surface area contributed by atoms with Gasteiger partial charge in [0.1, 0.15) is 6.33 Å². The molecule has 1 aromatic heterocycles. The maximum Gasteiger partial charge on any atom is 0.292 e. The smallest absolute Gasteiger partial charge is 0.292 e. The third kappa shape index (κ3) is 3.14. The van der Waals surface area contributed by atoms with Crippen LogP contribution in [-0.2, 0) is 0 Å². The molecule has 0 bridgehead atoms. The number of H-pyrrole nitrogens is 1. The minimum Gasteiger partial charge on any atom is -0.369 e. The third-order valence-corrected chi connectivity index (χ3v) is 3.05. The van der Waals surface area contributed by atoms with Gasteiger partial charge < -0.3 is 10.2 Å². The molecule has 0 unspecified atom stereocenters. The topological polar surface area (TPSA) is 73.9 Å². The van der Waals surface area contributed by atoms with Crippen molar-refractivity contribution in [2.45, 2.75) is 26.8 Å². The van der Waals surface area contributed by atoms with Gasteiger partial charge in [-0.3, -0.25) is 9.89 Å². The zero-order chi connectivity index (χ0) is 14.5. The molecule has 0 aliphatic carbocycles. The van der Waals surface area contributed by atoms with Gasteiger partial charge in [0.2, 0.25) is 5.82 Å². The van der Waals surface area contributed by atoms with E-state index in [9.17, 15) is 4.79 Å². The first-order valence-electron chi connectivity index (χ1n) is 6.65. The molecule has 0 aliphatic rings. The highest BCUT2D eigenvalue weighted by atomic mass is 16.2. The maximum atomic E-state index is 11.8. The quantitative estimate of drug-likeness (QED) is 0.876. The van der Waals surface area contributed by atoms with Gasteiger partial charge in [-0.25, -0.2) is 4.98 Å². The van der Waals surface area contributed by atoms with Crippen LogP contribution in [-0.4, -0.2) is 33.7 Å². The Hall–Kier alpha value is -2.37. The van der Waals surface area contributed by atoms with Crippen molar-refractivity contribution < 1.29 is 4.79 Å². The summed E-state index contributed by atoms with van der Waals surface area (Å²) >= 11 is 0. The molecule has 0 saturated carbocycles. The molecule has 106 valence electrons. The van der Waals surface area contributed by atoms with E-state index in [2.05, 4.69) is 46.2 Å². The predicted octanol–water partition coefficient (Wildman–Crippen LogP) is 2.29. The van der Waals surface area contributed by atoms with E-state index in [1.807, 2.05) is 24.3 Å². The first kappa shape index (κ1) is 14.0. The van der Waals surface area contributed by atoms with Crippen LogP contribution in [0.4, 0.5) is 11.4 Å². The number of rotatable bonds is 5. The Balaban J connectivity index is 2.07. The first-order valence-corrected chi connectivity index (χ1v) is 6.65. The number of hydrogen-bond acceptors (Lipinski definition) is 4. The van der Waals surface area contributed by atoms with Gasteiger partial charge in [0.25, 0.3) is 5.91 Å². The zero-order valence-corrected chi connectivity index (χ0v) is 11.9. The average Bonchev–Trinajstić information content (AvgIpc) is 2.95. The normalized spacial score (nSPS) is 10.6. The lowest BCUT2D eigenvalue weighted by Gasteiger charge is -2.27. The number of nitrogens with zero attached hydrogens (tertiary/aromatic N) is 3. The fourth-order valence-electron chi connectivity index (χ4n) is 2.09. The third-order valence-electron chi connectivity index (χ3n) is 3.05. The number of aromatic amines is 1. The summed E-state index contributed by atoms with van der Waals surface area (Å²) in [7, 11) is 0. The van der Waals surface area contributed by atoms with E-state index in [0.29, 0.717) is 6.04 Å². The summed E-state index contributed by atoms with van der Waals surface area (Å²) in [4.78, 5) is 17.9. The van der Waals surface area contributed by atoms with E-state index < -0.39 is 0 Å². The summed E-state index contributed by atoms with van der Waals surface area (Å²) in [5.41, 5.74) is 1.87. The molecule has 0 aliphatic heterocycles. The number of amides is 1. The number of nitrogens with one attached hydrogen (secondary N) is 2. The lowest BCUT2D eigenvalue weighted by atomic mass is 10.2. The van der Waals surface area contributed by atoms with E-state index in [-0.39, 0.29) is 11.7 Å². The summed E-state index contributed by atoms with van der Waals surface area (Å²) in [6.45, 7) is 7.38. The van der Waals surface area contributed by atoms with Crippen LogP contribution in [0.15, 0.2) is 30.6 Å². The maximum absolute atomic E-state index is 11.8. The van der Waals surface area contributed by atoms with E-state index in [1.165, 1.54) is 6.33 Å². The van der Waals surface area contributed by atoms with Gasteiger partial charge in [-0.1, -0.05) is 0 Å². The largest absolute Gasteiger partial charge is 0.369 e. The molecular formula is C14H19N5O. The van der Waals surface area contributed by atoms with Gasteiger partial charge in [0.05, 0.1) is 0 Å². The number of hydrogen-bond donors (Lipinski definition) is 2. The Morgan fingerprint density at radius 3 is 2.55 bits per heavy atom. The Kier molecular flexibility index (Phi) is 4.34. The molecule has 6 nitrogen and oxygen atoms in total. The number of anilines is 2. The van der Waals surface area contributed by atoms with Crippen LogP contribution in [0.25, 0.3) is 0 Å². The molecule has 2 rings (SSSR count). The lowest BCUT2D eigenvalue weighted by Crippen LogP contribution is -2.30. The molecule has 1 aromatic carbocycles. The molecule has 2 aromatic rings. The Morgan fingerprint density at radius 2 is 2.05 bits per heavy atom. The number of carbonyl (C=O) groups excluding carboxylic acids is 1. The lowest BCUT2D eigenvalue weighted by molar-refractivity contribution is 0.101. The van der Waals surface area contributed by atoms with Gasteiger partial charge in [0, 0.05) is 24.0 Å². The van der Waals surface area contributed by atoms with Crippen LogP contribution >= 0.6 is 0 Å². The van der Waals surface area contributed by atoms with Crippen molar-refractivity contribution in [1.82, 2.24) is 15.2 Å². The molecule has 6 heteroatoms. The van der Waals surface area contributed by atoms with Gasteiger partial charge in [-0.2, -0.15) is 5.10 Å². The number of carbonyl (C=O) groups is 1. The molecule has 1 heterocycles. The van der Waals surface area contributed by atoms with Crippen LogP contribution in [0.3, 0.4) is 0 Å². The van der Waals surface area contributed by atoms with Crippen LogP contribution in [0, 0.1) is 0 Å². The van der Waals surface area contributed by atoms with Crippen molar-refractivity contribution in [3.05, 3.63) is 36.4 Å². The molecular weight excluding hydrogens is 254 g/mol. The van der Waals surface area contributed by atoms with E-state index in [0.717, 1.165) is 17.9 Å². The van der Waals surface area contributed by atoms with Gasteiger partial charge in [-0.05, 0) is 45.0 Å². The standard InChI is InChI=1S/C14H19N5O/c1-4-19(10(2)3)12-7-5-11(6-8-12)17-14(20)13-15-9-16-18-13/h5-10H,4H2,1-3H3,(H,17,20)(H,15,16,18). The first-order chi connectivity index (χ1) is 9.61. The molecule has 0 saturated heterocycles. The van der Waals surface area contributed by atoms with Crippen molar-refractivity contribution in [2.24, 2.45) is 0 Å². The highest BCUT2D eigenvalue weighted by Crippen LogP contribution is 2.20. The van der Waals surface area contributed by atoms with Crippen LogP contribution in [0.2, 0.25) is 0 Å². The predicted molar refractivity (Wildman–Crippen MR) is 78.9 cm³/mol. The van der Waals surface area contributed by atoms with E-state index >= 15 is 0 Å². The van der Waals surface area contributed by atoms with Crippen LogP contribution < -0.4 is 10.2 Å². The monoisotopic (exact) mass is 273 g/mol. The van der Waals surface area contributed by atoms with Crippen LogP contribution in [0.5, 0.6) is 0 Å². The molecule has 0 atom stereocenters.